The first-order valence-corrected chi connectivity index (χ1v) is 7.17. The van der Waals surface area contributed by atoms with Gasteiger partial charge in [0.1, 0.15) is 0 Å². The number of rotatable bonds is 1. The summed E-state index contributed by atoms with van der Waals surface area (Å²) in [7, 11) is 0. The number of nitrogens with zero attached hydrogens (tertiary/aromatic N) is 1. The van der Waals surface area contributed by atoms with Crippen LogP contribution in [-0.2, 0) is 4.79 Å². The van der Waals surface area contributed by atoms with Crippen LogP contribution in [0.5, 0.6) is 0 Å². The molecule has 2 aliphatic rings. The molecule has 0 spiro atoms. The van der Waals surface area contributed by atoms with Crippen molar-refractivity contribution in [2.45, 2.75) is 65.6 Å². The van der Waals surface area contributed by atoms with Crippen LogP contribution in [0.25, 0.3) is 0 Å². The number of likely N-dealkylation sites (tertiary alicyclic amines) is 1. The van der Waals surface area contributed by atoms with Crippen LogP contribution < -0.4 is 5.32 Å². The molecule has 0 saturated carbocycles. The Morgan fingerprint density at radius 3 is 2.28 bits per heavy atom. The summed E-state index contributed by atoms with van der Waals surface area (Å²) >= 11 is 0. The van der Waals surface area contributed by atoms with E-state index in [1.807, 2.05) is 20.8 Å². The minimum absolute atomic E-state index is 0.0671. The molecule has 1 N–H and O–H groups in total. The Bertz CT molecular complexity index is 337. The molecule has 0 amide bonds. The van der Waals surface area contributed by atoms with Gasteiger partial charge in [0.25, 0.3) is 0 Å². The van der Waals surface area contributed by atoms with E-state index in [1.165, 1.54) is 0 Å². The van der Waals surface area contributed by atoms with Crippen molar-refractivity contribution in [3.8, 4) is 0 Å². The van der Waals surface area contributed by atoms with Gasteiger partial charge in [0.2, 0.25) is 0 Å². The van der Waals surface area contributed by atoms with Crippen LogP contribution in [0.3, 0.4) is 0 Å². The second-order valence-corrected chi connectivity index (χ2v) is 7.90. The van der Waals surface area contributed by atoms with E-state index in [9.17, 15) is 4.79 Å². The van der Waals surface area contributed by atoms with Crippen LogP contribution in [0, 0.1) is 11.3 Å². The van der Waals surface area contributed by atoms with E-state index in [0.29, 0.717) is 17.7 Å². The van der Waals surface area contributed by atoms with E-state index in [1.54, 1.807) is 0 Å². The van der Waals surface area contributed by atoms with Gasteiger partial charge in [-0.1, -0.05) is 20.8 Å². The van der Waals surface area contributed by atoms with Gasteiger partial charge in [-0.25, -0.2) is 0 Å². The first-order chi connectivity index (χ1) is 8.12. The number of hydrogen-bond donors (Lipinski definition) is 1. The Kier molecular flexibility index (Phi) is 3.35. The van der Waals surface area contributed by atoms with Gasteiger partial charge in [0.05, 0.1) is 6.04 Å². The third kappa shape index (κ3) is 2.35. The minimum atomic E-state index is -0.244. The van der Waals surface area contributed by atoms with Gasteiger partial charge in [-0.3, -0.25) is 9.69 Å². The van der Waals surface area contributed by atoms with Crippen LogP contribution in [0.1, 0.15) is 48.0 Å². The molecule has 2 fully saturated rings. The molecule has 3 unspecified atom stereocenters. The zero-order chi connectivity index (χ0) is 13.7. The van der Waals surface area contributed by atoms with Crippen LogP contribution in [0.15, 0.2) is 0 Å². The Morgan fingerprint density at radius 1 is 1.17 bits per heavy atom. The largest absolute Gasteiger partial charge is 0.312 e. The van der Waals surface area contributed by atoms with Gasteiger partial charge in [-0.15, -0.1) is 0 Å². The van der Waals surface area contributed by atoms with E-state index >= 15 is 0 Å². The molecule has 0 aliphatic carbocycles. The van der Waals surface area contributed by atoms with Crippen molar-refractivity contribution in [2.75, 3.05) is 13.1 Å². The maximum atomic E-state index is 12.8. The summed E-state index contributed by atoms with van der Waals surface area (Å²) in [5.41, 5.74) is -0.177. The van der Waals surface area contributed by atoms with E-state index in [0.717, 1.165) is 19.5 Å². The molecule has 0 aromatic rings. The predicted molar refractivity (Wildman–Crippen MR) is 74.6 cm³/mol. The fraction of sp³-hybridized carbons (Fsp3) is 0.933. The van der Waals surface area contributed by atoms with Gasteiger partial charge < -0.3 is 5.32 Å². The average Bonchev–Trinajstić information content (AvgIpc) is 2.71. The van der Waals surface area contributed by atoms with Crippen molar-refractivity contribution in [3.63, 3.8) is 0 Å². The summed E-state index contributed by atoms with van der Waals surface area (Å²) < 4.78 is 0. The molecule has 0 aromatic carbocycles. The van der Waals surface area contributed by atoms with Crippen molar-refractivity contribution in [2.24, 2.45) is 11.3 Å². The number of ketones is 1. The molecule has 3 atom stereocenters. The SMILES string of the molecule is CC(C)(C)C(=O)C1C2CCNC2CN1C(C)(C)C. The molecular formula is C15H28N2O. The Labute approximate surface area is 111 Å². The van der Waals surface area contributed by atoms with Crippen molar-refractivity contribution in [1.29, 1.82) is 0 Å². The quantitative estimate of drug-likeness (QED) is 0.775. The van der Waals surface area contributed by atoms with Crippen molar-refractivity contribution < 1.29 is 4.79 Å². The van der Waals surface area contributed by atoms with Crippen LogP contribution in [-0.4, -0.2) is 41.4 Å². The van der Waals surface area contributed by atoms with Gasteiger partial charge in [0, 0.05) is 23.5 Å². The highest BCUT2D eigenvalue weighted by atomic mass is 16.1. The summed E-state index contributed by atoms with van der Waals surface area (Å²) in [5.74, 6) is 0.921. The van der Waals surface area contributed by atoms with Crippen LogP contribution in [0.4, 0.5) is 0 Å². The molecule has 2 heterocycles. The van der Waals surface area contributed by atoms with E-state index in [-0.39, 0.29) is 17.0 Å². The number of hydrogen-bond acceptors (Lipinski definition) is 3. The average molecular weight is 252 g/mol. The molecule has 2 saturated heterocycles. The van der Waals surface area contributed by atoms with Crippen LogP contribution >= 0.6 is 0 Å². The van der Waals surface area contributed by atoms with Crippen molar-refractivity contribution >= 4 is 5.78 Å². The lowest BCUT2D eigenvalue weighted by molar-refractivity contribution is -0.134. The van der Waals surface area contributed by atoms with Gasteiger partial charge in [-0.2, -0.15) is 0 Å². The Hall–Kier alpha value is -0.410. The lowest BCUT2D eigenvalue weighted by Gasteiger charge is -2.39. The number of nitrogens with one attached hydrogen (secondary N) is 1. The highest BCUT2D eigenvalue weighted by molar-refractivity contribution is 5.89. The highest BCUT2D eigenvalue weighted by Gasteiger charge is 2.52. The second-order valence-electron chi connectivity index (χ2n) is 7.90. The lowest BCUT2D eigenvalue weighted by Crippen LogP contribution is -2.52. The summed E-state index contributed by atoms with van der Waals surface area (Å²) in [6, 6.07) is 0.616. The number of fused-ring (bicyclic) bond motifs is 1. The number of carbonyl (C=O) groups excluding carboxylic acids is 1. The van der Waals surface area contributed by atoms with Gasteiger partial charge in [0.15, 0.2) is 5.78 Å². The standard InChI is InChI=1S/C15H28N2O/c1-14(2,3)13(18)12-10-7-8-16-11(10)9-17(12)15(4,5)6/h10-12,16H,7-9H2,1-6H3. The van der Waals surface area contributed by atoms with E-state index in [2.05, 4.69) is 31.0 Å². The Balaban J connectivity index is 2.29. The molecule has 2 rings (SSSR count). The smallest absolute Gasteiger partial charge is 0.155 e. The molecule has 104 valence electrons. The van der Waals surface area contributed by atoms with Gasteiger partial charge >= 0.3 is 0 Å². The first-order valence-electron chi connectivity index (χ1n) is 7.17. The van der Waals surface area contributed by atoms with Crippen molar-refractivity contribution in [1.82, 2.24) is 10.2 Å². The molecular weight excluding hydrogens is 224 g/mol. The normalized spacial score (nSPS) is 33.8. The maximum absolute atomic E-state index is 12.8. The molecule has 3 heteroatoms. The monoisotopic (exact) mass is 252 g/mol. The number of carbonyl (C=O) groups is 1. The molecule has 3 nitrogen and oxygen atoms in total. The van der Waals surface area contributed by atoms with Crippen LogP contribution in [0.2, 0.25) is 0 Å². The summed E-state index contributed by atoms with van der Waals surface area (Å²) in [5, 5.41) is 3.56. The predicted octanol–water partition coefficient (Wildman–Crippen LogP) is 2.06. The fourth-order valence-corrected chi connectivity index (χ4v) is 3.39. The van der Waals surface area contributed by atoms with Crippen molar-refractivity contribution in [3.05, 3.63) is 0 Å². The maximum Gasteiger partial charge on any atom is 0.155 e. The zero-order valence-electron chi connectivity index (χ0n) is 12.7. The van der Waals surface area contributed by atoms with E-state index in [4.69, 9.17) is 0 Å². The highest BCUT2D eigenvalue weighted by Crippen LogP contribution is 2.39. The Morgan fingerprint density at radius 2 is 1.78 bits per heavy atom. The topological polar surface area (TPSA) is 32.3 Å². The minimum Gasteiger partial charge on any atom is -0.312 e. The lowest BCUT2D eigenvalue weighted by atomic mass is 9.80. The first kappa shape index (κ1) is 14.0. The molecule has 0 bridgehead atoms. The zero-order valence-corrected chi connectivity index (χ0v) is 12.7. The van der Waals surface area contributed by atoms with Gasteiger partial charge in [-0.05, 0) is 39.7 Å². The fourth-order valence-electron chi connectivity index (χ4n) is 3.39. The molecule has 0 aromatic heterocycles. The number of Topliss-reactive ketones (excluding diaryl/α,β-unsaturated/α-hetero) is 1. The second kappa shape index (κ2) is 4.31. The summed E-state index contributed by atoms with van der Waals surface area (Å²) in [6.07, 6.45) is 1.14. The molecule has 0 radical (unpaired) electrons. The molecule has 18 heavy (non-hydrogen) atoms. The molecule has 2 aliphatic heterocycles. The third-order valence-corrected chi connectivity index (χ3v) is 4.41. The summed E-state index contributed by atoms with van der Waals surface area (Å²) in [6.45, 7) is 14.9. The third-order valence-electron chi connectivity index (χ3n) is 4.41. The summed E-state index contributed by atoms with van der Waals surface area (Å²) in [4.78, 5) is 15.2. The van der Waals surface area contributed by atoms with E-state index < -0.39 is 0 Å².